The van der Waals surface area contributed by atoms with E-state index in [-0.39, 0.29) is 18.3 Å². The lowest BCUT2D eigenvalue weighted by atomic mass is 9.81. The summed E-state index contributed by atoms with van der Waals surface area (Å²) in [6.45, 7) is 1.95. The molecular formula is C19H24ClN3O3. The first-order valence-corrected chi connectivity index (χ1v) is 8.97. The summed E-state index contributed by atoms with van der Waals surface area (Å²) in [5.74, 6) is 0.909. The van der Waals surface area contributed by atoms with Gasteiger partial charge in [0.2, 0.25) is 5.89 Å². The molecule has 1 aromatic heterocycles. The van der Waals surface area contributed by atoms with Gasteiger partial charge in [0.1, 0.15) is 0 Å². The van der Waals surface area contributed by atoms with E-state index in [1.165, 1.54) is 5.56 Å². The van der Waals surface area contributed by atoms with Crippen molar-refractivity contribution in [1.82, 2.24) is 15.0 Å². The molecule has 1 aliphatic carbocycles. The van der Waals surface area contributed by atoms with Crippen molar-refractivity contribution in [3.05, 3.63) is 47.6 Å². The van der Waals surface area contributed by atoms with E-state index in [0.717, 1.165) is 38.6 Å². The number of rotatable bonds is 6. The molecule has 140 valence electrons. The highest BCUT2D eigenvalue weighted by Crippen LogP contribution is 2.49. The zero-order chi connectivity index (χ0) is 17.3. The monoisotopic (exact) mass is 377 g/mol. The van der Waals surface area contributed by atoms with Gasteiger partial charge in [-0.2, -0.15) is 4.98 Å². The molecule has 4 rings (SSSR count). The molecule has 0 radical (unpaired) electrons. The van der Waals surface area contributed by atoms with Gasteiger partial charge in [0.05, 0.1) is 12.0 Å². The fraction of sp³-hybridized carbons (Fsp3) is 0.526. The minimum absolute atomic E-state index is 0. The topological polar surface area (TPSA) is 79.5 Å². The Morgan fingerprint density at radius 2 is 2.12 bits per heavy atom. The van der Waals surface area contributed by atoms with Gasteiger partial charge in [0.15, 0.2) is 5.82 Å². The third-order valence-corrected chi connectivity index (χ3v) is 5.72. The Labute approximate surface area is 159 Å². The lowest BCUT2D eigenvalue weighted by Crippen LogP contribution is -2.35. The maximum atomic E-state index is 11.7. The highest BCUT2D eigenvalue weighted by molar-refractivity contribution is 5.85. The smallest absolute Gasteiger partial charge is 0.311 e. The van der Waals surface area contributed by atoms with E-state index in [4.69, 9.17) is 4.52 Å². The Morgan fingerprint density at radius 1 is 1.31 bits per heavy atom. The standard InChI is InChI=1S/C19H23N3O3.ClH/c23-18(24)19-10-4-7-15(19)11-22(13-19)12-17-20-16(21-25-17)9-8-14-5-2-1-3-6-14;/h1-3,5-6,15H,4,7-13H2,(H,23,24);1H/t15-,19+;/m0./s1. The largest absolute Gasteiger partial charge is 0.481 e. The fourth-order valence-electron chi connectivity index (χ4n) is 4.41. The second-order valence-corrected chi connectivity index (χ2v) is 7.31. The summed E-state index contributed by atoms with van der Waals surface area (Å²) in [4.78, 5) is 18.4. The number of aliphatic carboxylic acids is 1. The van der Waals surface area contributed by atoms with Gasteiger partial charge in [0, 0.05) is 19.5 Å². The number of carboxylic acids is 1. The van der Waals surface area contributed by atoms with Crippen molar-refractivity contribution >= 4 is 18.4 Å². The summed E-state index contributed by atoms with van der Waals surface area (Å²) in [6, 6.07) is 10.2. The molecule has 1 N–H and O–H groups in total. The van der Waals surface area contributed by atoms with Crippen molar-refractivity contribution in [2.75, 3.05) is 13.1 Å². The number of carboxylic acid groups (broad SMARTS) is 1. The quantitative estimate of drug-likeness (QED) is 0.833. The van der Waals surface area contributed by atoms with Crippen molar-refractivity contribution < 1.29 is 14.4 Å². The first-order valence-electron chi connectivity index (χ1n) is 8.97. The molecule has 7 heteroatoms. The molecule has 1 aromatic carbocycles. The first-order chi connectivity index (χ1) is 12.2. The third-order valence-electron chi connectivity index (χ3n) is 5.72. The summed E-state index contributed by atoms with van der Waals surface area (Å²) in [6.07, 6.45) is 4.45. The molecular weight excluding hydrogens is 354 g/mol. The zero-order valence-electron chi connectivity index (χ0n) is 14.6. The van der Waals surface area contributed by atoms with Crippen LogP contribution in [0.3, 0.4) is 0 Å². The fourth-order valence-corrected chi connectivity index (χ4v) is 4.41. The molecule has 1 saturated heterocycles. The number of halogens is 1. The Hall–Kier alpha value is -1.92. The molecule has 26 heavy (non-hydrogen) atoms. The van der Waals surface area contributed by atoms with Gasteiger partial charge in [-0.25, -0.2) is 0 Å². The average Bonchev–Trinajstić information content (AvgIpc) is 3.29. The zero-order valence-corrected chi connectivity index (χ0v) is 15.5. The predicted octanol–water partition coefficient (Wildman–Crippen LogP) is 2.96. The van der Waals surface area contributed by atoms with Crippen molar-refractivity contribution in [2.45, 2.75) is 38.6 Å². The molecule has 2 aromatic rings. The van der Waals surface area contributed by atoms with Crippen LogP contribution in [0.15, 0.2) is 34.9 Å². The van der Waals surface area contributed by atoms with Crippen LogP contribution in [0.25, 0.3) is 0 Å². The third kappa shape index (κ3) is 3.62. The highest BCUT2D eigenvalue weighted by Gasteiger charge is 2.54. The molecule has 0 bridgehead atoms. The van der Waals surface area contributed by atoms with Crippen LogP contribution in [-0.2, 0) is 24.2 Å². The molecule has 2 fully saturated rings. The van der Waals surface area contributed by atoms with Gasteiger partial charge in [-0.15, -0.1) is 12.4 Å². The van der Waals surface area contributed by atoms with Gasteiger partial charge >= 0.3 is 5.97 Å². The van der Waals surface area contributed by atoms with Crippen LogP contribution in [0.5, 0.6) is 0 Å². The molecule has 1 saturated carbocycles. The summed E-state index contributed by atoms with van der Waals surface area (Å²) >= 11 is 0. The lowest BCUT2D eigenvalue weighted by molar-refractivity contribution is -0.149. The number of fused-ring (bicyclic) bond motifs is 1. The highest BCUT2D eigenvalue weighted by atomic mass is 35.5. The van der Waals surface area contributed by atoms with Crippen molar-refractivity contribution in [3.63, 3.8) is 0 Å². The van der Waals surface area contributed by atoms with Crippen molar-refractivity contribution in [1.29, 1.82) is 0 Å². The number of aryl methyl sites for hydroxylation is 2. The number of likely N-dealkylation sites (tertiary alicyclic amines) is 1. The summed E-state index contributed by atoms with van der Waals surface area (Å²) in [7, 11) is 0. The van der Waals surface area contributed by atoms with Gasteiger partial charge in [0.25, 0.3) is 0 Å². The Morgan fingerprint density at radius 3 is 2.85 bits per heavy atom. The van der Waals surface area contributed by atoms with Gasteiger partial charge in [-0.3, -0.25) is 9.69 Å². The SMILES string of the molecule is Cl.O=C(O)[C@@]12CCC[C@H]1CN(Cc1nc(CCc3ccccc3)no1)C2. The van der Waals surface area contributed by atoms with Crippen LogP contribution < -0.4 is 0 Å². The van der Waals surface area contributed by atoms with Gasteiger partial charge in [-0.05, 0) is 30.7 Å². The van der Waals surface area contributed by atoms with Gasteiger partial charge < -0.3 is 9.63 Å². The Kier molecular flexibility index (Phi) is 5.63. The van der Waals surface area contributed by atoms with E-state index < -0.39 is 11.4 Å². The maximum absolute atomic E-state index is 11.7. The second kappa shape index (κ2) is 7.76. The van der Waals surface area contributed by atoms with Crippen LogP contribution in [0.2, 0.25) is 0 Å². The minimum atomic E-state index is -0.647. The van der Waals surface area contributed by atoms with Crippen LogP contribution >= 0.6 is 12.4 Å². The van der Waals surface area contributed by atoms with Crippen molar-refractivity contribution in [3.8, 4) is 0 Å². The predicted molar refractivity (Wildman–Crippen MR) is 98.1 cm³/mol. The van der Waals surface area contributed by atoms with E-state index >= 15 is 0 Å². The van der Waals surface area contributed by atoms with Crippen LogP contribution in [-0.4, -0.2) is 39.2 Å². The van der Waals surface area contributed by atoms with Crippen LogP contribution in [0.1, 0.15) is 36.5 Å². The summed E-state index contributed by atoms with van der Waals surface area (Å²) in [5, 5.41) is 13.7. The summed E-state index contributed by atoms with van der Waals surface area (Å²) in [5.41, 5.74) is 0.695. The van der Waals surface area contributed by atoms with E-state index in [1.54, 1.807) is 0 Å². The van der Waals surface area contributed by atoms with Crippen LogP contribution in [0.4, 0.5) is 0 Å². The molecule has 0 unspecified atom stereocenters. The maximum Gasteiger partial charge on any atom is 0.311 e. The molecule has 2 atom stereocenters. The first kappa shape index (κ1) is 18.9. The Bertz CT molecular complexity index is 751. The number of carbonyl (C=O) groups is 1. The minimum Gasteiger partial charge on any atom is -0.481 e. The summed E-state index contributed by atoms with van der Waals surface area (Å²) < 4.78 is 5.38. The van der Waals surface area contributed by atoms with Gasteiger partial charge in [-0.1, -0.05) is 41.9 Å². The van der Waals surface area contributed by atoms with Crippen LogP contribution in [0, 0.1) is 11.3 Å². The second-order valence-electron chi connectivity index (χ2n) is 7.31. The number of benzene rings is 1. The Balaban J connectivity index is 0.00000196. The van der Waals surface area contributed by atoms with E-state index in [2.05, 4.69) is 27.2 Å². The molecule has 6 nitrogen and oxygen atoms in total. The molecule has 2 aliphatic rings. The molecule has 0 spiro atoms. The number of nitrogens with zero attached hydrogens (tertiary/aromatic N) is 3. The number of aromatic nitrogens is 2. The average molecular weight is 378 g/mol. The van der Waals surface area contributed by atoms with E-state index in [9.17, 15) is 9.90 Å². The van der Waals surface area contributed by atoms with E-state index in [1.807, 2.05) is 18.2 Å². The molecule has 1 aliphatic heterocycles. The van der Waals surface area contributed by atoms with Crippen molar-refractivity contribution in [2.24, 2.45) is 11.3 Å². The van der Waals surface area contributed by atoms with E-state index in [0.29, 0.717) is 24.8 Å². The molecule has 0 amide bonds. The normalized spacial score (nSPS) is 25.0. The number of hydrogen-bond acceptors (Lipinski definition) is 5. The lowest BCUT2D eigenvalue weighted by Gasteiger charge is -2.23. The number of hydrogen-bond donors (Lipinski definition) is 1. The molecule has 2 heterocycles.